The molecule has 0 spiro atoms. The van der Waals surface area contributed by atoms with Crippen LogP contribution in [0.25, 0.3) is 77.3 Å². The van der Waals surface area contributed by atoms with E-state index in [0.717, 1.165) is 22.5 Å². The minimum Gasteiger partial charge on any atom is -0.310 e. The molecule has 258 valence electrons. The predicted molar refractivity (Wildman–Crippen MR) is 231 cm³/mol. The van der Waals surface area contributed by atoms with Crippen molar-refractivity contribution in [1.29, 1.82) is 0 Å². The summed E-state index contributed by atoms with van der Waals surface area (Å²) in [6, 6.07) is 22.6. The Morgan fingerprint density at radius 3 is 1.69 bits per heavy atom. The van der Waals surface area contributed by atoms with Crippen molar-refractivity contribution in [3.05, 3.63) is 212 Å². The van der Waals surface area contributed by atoms with Crippen molar-refractivity contribution in [3.8, 4) is 44.8 Å². The smallest absolute Gasteiger partial charge is 0.0979 e. The highest BCUT2D eigenvalue weighted by Gasteiger charge is 2.17. The molecular formula is C52H35N3. The summed E-state index contributed by atoms with van der Waals surface area (Å²) in [6.07, 6.45) is 0. The van der Waals surface area contributed by atoms with Crippen molar-refractivity contribution < 1.29 is 23.3 Å². The maximum Gasteiger partial charge on any atom is 0.0979 e. The third-order valence-electron chi connectivity index (χ3n) is 9.18. The summed E-state index contributed by atoms with van der Waals surface area (Å²) in [4.78, 5) is 11.4. The van der Waals surface area contributed by atoms with E-state index in [0.29, 0.717) is 11.3 Å². The summed E-state index contributed by atoms with van der Waals surface area (Å²) in [5.74, 6) is 0. The molecular weight excluding hydrogens is 667 g/mol. The lowest BCUT2D eigenvalue weighted by Gasteiger charge is -2.26. The van der Waals surface area contributed by atoms with Crippen LogP contribution in [0.4, 0.5) is 17.1 Å². The Bertz CT molecular complexity index is 3890. The first-order valence-electron chi connectivity index (χ1n) is 25.8. The first-order valence-corrected chi connectivity index (χ1v) is 17.3. The third-order valence-corrected chi connectivity index (χ3v) is 9.18. The van der Waals surface area contributed by atoms with E-state index in [1.54, 1.807) is 24.3 Å². The Morgan fingerprint density at radius 1 is 0.400 bits per heavy atom. The van der Waals surface area contributed by atoms with Gasteiger partial charge in [0.05, 0.1) is 45.7 Å². The van der Waals surface area contributed by atoms with E-state index in [2.05, 4.69) is 11.1 Å². The molecule has 0 N–H and O–H groups in total. The molecule has 3 nitrogen and oxygen atoms in total. The molecule has 0 aliphatic carbocycles. The highest BCUT2D eigenvalue weighted by Crippen LogP contribution is 2.40. The number of hydrogen-bond acceptors (Lipinski definition) is 3. The van der Waals surface area contributed by atoms with Crippen LogP contribution >= 0.6 is 0 Å². The molecule has 0 amide bonds. The number of para-hydroxylation sites is 1. The van der Waals surface area contributed by atoms with Gasteiger partial charge in [-0.25, -0.2) is 9.97 Å². The molecule has 0 bridgehead atoms. The van der Waals surface area contributed by atoms with Crippen LogP contribution in [0.1, 0.15) is 23.3 Å². The van der Waals surface area contributed by atoms with E-state index in [9.17, 15) is 8.22 Å². The summed E-state index contributed by atoms with van der Waals surface area (Å²) in [6.45, 7) is 0. The highest BCUT2D eigenvalue weighted by molar-refractivity contribution is 6.19. The molecule has 0 atom stereocenters. The zero-order valence-electron chi connectivity index (χ0n) is 45.7. The second kappa shape index (κ2) is 13.9. The quantitative estimate of drug-likeness (QED) is 0.154. The van der Waals surface area contributed by atoms with E-state index in [1.165, 1.54) is 0 Å². The molecule has 0 fully saturated rings. The van der Waals surface area contributed by atoms with Gasteiger partial charge >= 0.3 is 0 Å². The number of anilines is 3. The van der Waals surface area contributed by atoms with E-state index in [1.807, 2.05) is 83.8 Å². The summed E-state index contributed by atoms with van der Waals surface area (Å²) in [7, 11) is 0. The number of hydrogen-bond donors (Lipinski definition) is 0. The summed E-state index contributed by atoms with van der Waals surface area (Å²) < 4.78 is 151. The Balaban J connectivity index is 1.28. The first-order chi connectivity index (χ1) is 34.3. The molecule has 10 aromatic rings. The van der Waals surface area contributed by atoms with Crippen LogP contribution in [-0.2, 0) is 0 Å². The topological polar surface area (TPSA) is 29.0 Å². The standard InChI is InChI=1S/C52H35N3/c1-5-14-36(15-6-1)42-20-13-23-46(34-42)55(44-21-11-4-12-22-44)45-31-28-37(29-32-45)43-27-25-38-24-26-39-30-33-48-52(49(39)47(38)35-43)54-51(41-18-9-3-10-19-41)50(53-48)40-16-7-2-8-17-40/h1-35H/i2D,3D,7D,8D,9D,10D,16D,17D,18D,19D,24D,25D,26D,27D,30D,33D,35D. The molecule has 55 heavy (non-hydrogen) atoms. The second-order valence-corrected chi connectivity index (χ2v) is 12.5. The van der Waals surface area contributed by atoms with Gasteiger partial charge in [0.25, 0.3) is 0 Å². The Labute approximate surface area is 344 Å². The van der Waals surface area contributed by atoms with E-state index in [-0.39, 0.29) is 32.6 Å². The number of fused-ring (bicyclic) bond motifs is 5. The molecule has 1 heterocycles. The fourth-order valence-electron chi connectivity index (χ4n) is 6.64. The van der Waals surface area contributed by atoms with E-state index in [4.69, 9.17) is 20.1 Å². The zero-order chi connectivity index (χ0) is 51.3. The van der Waals surface area contributed by atoms with Gasteiger partial charge in [-0.05, 0) is 86.9 Å². The molecule has 0 saturated heterocycles. The van der Waals surface area contributed by atoms with Gasteiger partial charge in [-0.3, -0.25) is 0 Å². The molecule has 0 aliphatic heterocycles. The number of benzene rings is 9. The van der Waals surface area contributed by atoms with Gasteiger partial charge in [0.2, 0.25) is 0 Å². The molecule has 10 rings (SSSR count). The first kappa shape index (κ1) is 19.1. The van der Waals surface area contributed by atoms with Crippen LogP contribution in [0.5, 0.6) is 0 Å². The number of nitrogens with zero attached hydrogens (tertiary/aromatic N) is 3. The van der Waals surface area contributed by atoms with Crippen molar-refractivity contribution in [3.63, 3.8) is 0 Å². The SMILES string of the molecule is [2H]c1c([2H])c([2H])c(-c2nc3c([2H])c([2H])c4c([2H])c([2H])c5c([2H])c([2H])c(-c6ccc(N(c7ccccc7)c7cccc(-c8ccccc8)c7)cc6)c([2H])c5c4c3nc2-c2c([2H])c([2H])c([2H])c([2H])c2[2H])c([2H])c1[2H]. The molecule has 0 saturated carbocycles. The van der Waals surface area contributed by atoms with Crippen molar-refractivity contribution in [2.75, 3.05) is 4.90 Å². The maximum atomic E-state index is 9.89. The van der Waals surface area contributed by atoms with Crippen LogP contribution in [0.3, 0.4) is 0 Å². The Kier molecular flexibility index (Phi) is 4.83. The van der Waals surface area contributed by atoms with Crippen LogP contribution in [-0.4, -0.2) is 9.97 Å². The molecule has 3 heteroatoms. The van der Waals surface area contributed by atoms with E-state index < -0.39 is 131 Å². The van der Waals surface area contributed by atoms with Crippen LogP contribution < -0.4 is 4.90 Å². The second-order valence-electron chi connectivity index (χ2n) is 12.5. The maximum absolute atomic E-state index is 9.89. The van der Waals surface area contributed by atoms with Crippen LogP contribution in [0, 0.1) is 0 Å². The van der Waals surface area contributed by atoms with Gasteiger partial charge < -0.3 is 4.90 Å². The largest absolute Gasteiger partial charge is 0.310 e. The van der Waals surface area contributed by atoms with Gasteiger partial charge in [-0.2, -0.15) is 0 Å². The summed E-state index contributed by atoms with van der Waals surface area (Å²) in [5.41, 5.74) is 1.40. The third kappa shape index (κ3) is 6.08. The summed E-state index contributed by atoms with van der Waals surface area (Å²) >= 11 is 0. The minimum atomic E-state index is -0.802. The molecule has 0 unspecified atom stereocenters. The van der Waals surface area contributed by atoms with Gasteiger partial charge in [0.15, 0.2) is 0 Å². The normalized spacial score (nSPS) is 15.6. The molecule has 0 aliphatic rings. The number of rotatable bonds is 7. The molecule has 0 radical (unpaired) electrons. The van der Waals surface area contributed by atoms with Crippen LogP contribution in [0.2, 0.25) is 0 Å². The average Bonchev–Trinajstić information content (AvgIpc) is 3.39. The average molecular weight is 719 g/mol. The van der Waals surface area contributed by atoms with Crippen LogP contribution in [0.15, 0.2) is 212 Å². The lowest BCUT2D eigenvalue weighted by Crippen LogP contribution is -2.09. The number of aromatic nitrogens is 2. The summed E-state index contributed by atoms with van der Waals surface area (Å²) in [5, 5.41) is -1.19. The van der Waals surface area contributed by atoms with Crippen molar-refractivity contribution in [2.24, 2.45) is 0 Å². The van der Waals surface area contributed by atoms with Gasteiger partial charge in [0.1, 0.15) is 0 Å². The van der Waals surface area contributed by atoms with Gasteiger partial charge in [0, 0.05) is 33.6 Å². The fourth-order valence-corrected chi connectivity index (χ4v) is 6.64. The lowest BCUT2D eigenvalue weighted by atomic mass is 9.95. The predicted octanol–water partition coefficient (Wildman–Crippen LogP) is 14.1. The Hall–Kier alpha value is -7.36. The van der Waals surface area contributed by atoms with Crippen molar-refractivity contribution >= 4 is 49.6 Å². The fraction of sp³-hybridized carbons (Fsp3) is 0. The Morgan fingerprint density at radius 2 is 0.964 bits per heavy atom. The molecule has 1 aromatic heterocycles. The lowest BCUT2D eigenvalue weighted by molar-refractivity contribution is 1.28. The zero-order valence-corrected chi connectivity index (χ0v) is 28.7. The van der Waals surface area contributed by atoms with E-state index >= 15 is 0 Å². The van der Waals surface area contributed by atoms with Gasteiger partial charge in [-0.1, -0.05) is 163 Å². The van der Waals surface area contributed by atoms with Crippen molar-refractivity contribution in [1.82, 2.24) is 9.97 Å². The highest BCUT2D eigenvalue weighted by atomic mass is 15.1. The van der Waals surface area contributed by atoms with Crippen molar-refractivity contribution in [2.45, 2.75) is 0 Å². The molecule has 9 aromatic carbocycles. The monoisotopic (exact) mass is 718 g/mol. The van der Waals surface area contributed by atoms with Gasteiger partial charge in [-0.15, -0.1) is 0 Å². The minimum absolute atomic E-state index is 0.0704.